The second-order valence-corrected chi connectivity index (χ2v) is 23.8. The fourth-order valence-electron chi connectivity index (χ4n) is 9.12. The molecular weight excluding hydrogens is 1100 g/mol. The molecule has 25 nitrogen and oxygen atoms in total. The van der Waals surface area contributed by atoms with E-state index in [-0.39, 0.29) is 61.4 Å². The zero-order chi connectivity index (χ0) is 63.8. The van der Waals surface area contributed by atoms with Crippen LogP contribution >= 0.6 is 0 Å². The molecule has 0 bridgehead atoms. The lowest BCUT2D eigenvalue weighted by molar-refractivity contribution is -0.143. The van der Waals surface area contributed by atoms with E-state index < -0.39 is 138 Å². The van der Waals surface area contributed by atoms with Crippen LogP contribution in [0.15, 0.2) is 61.1 Å². The van der Waals surface area contributed by atoms with E-state index in [9.17, 15) is 63.3 Å². The molecule has 0 aliphatic rings. The Balaban J connectivity index is 1.84. The quantitative estimate of drug-likeness (QED) is 0.0399. The average molecular weight is 1190 g/mol. The van der Waals surface area contributed by atoms with Gasteiger partial charge in [0.1, 0.15) is 59.8 Å². The zero-order valence-corrected chi connectivity index (χ0v) is 51.0. The molecule has 85 heavy (non-hydrogen) atoms. The van der Waals surface area contributed by atoms with Crippen LogP contribution in [0.3, 0.4) is 0 Å². The van der Waals surface area contributed by atoms with Crippen molar-refractivity contribution in [3.05, 3.63) is 77.9 Å². The van der Waals surface area contributed by atoms with Crippen LogP contribution in [-0.4, -0.2) is 145 Å². The summed E-state index contributed by atoms with van der Waals surface area (Å²) in [6.45, 7) is 20.6. The summed E-state index contributed by atoms with van der Waals surface area (Å²) >= 11 is 0. The Bertz CT molecular complexity index is 2680. The van der Waals surface area contributed by atoms with Crippen molar-refractivity contribution >= 4 is 59.1 Å². The second-order valence-electron chi connectivity index (χ2n) is 23.8. The molecule has 1 heterocycles. The monoisotopic (exact) mass is 1190 g/mol. The molecule has 0 radical (unpaired) electrons. The summed E-state index contributed by atoms with van der Waals surface area (Å²) < 4.78 is 0. The third-order valence-corrected chi connectivity index (χ3v) is 14.1. The molecule has 470 valence electrons. The number of rotatable bonds is 35. The maximum Gasteiger partial charge on any atom is 0.326 e. The standard InChI is InChI=1S/C60H92N12O13/c1-13-36(12)51(59(83)68-45(26-38-16-20-41(74)21-17-38)55(79)69-47(60(84)85)24-33(6)7)72-58(82)50(35(10)11)71-56(80)46(27-39-28-62-30-64-39)65-48(75)29-63-53(77)43(23-32(4)5)66-54(78)44(25-37-14-18-40(73)19-15-37)67-57(81)49(34(8)9)70-52(76)42(61)22-31(2)3/h14-21,28,30-36,42-47,49-51,73-74H,13,22-27,29,61H2,1-12H3,(H,62,64)(H,63,77)(H,65,75)(H,66,78)(H,67,81)(H,68,83)(H,69,79)(H,70,76)(H,71,80)(H,72,82)(H,84,85)/t36-,42-,43-,44-,45-,46-,47-,49-,50-,51-/m0/s1. The third kappa shape index (κ3) is 24.6. The summed E-state index contributed by atoms with van der Waals surface area (Å²) in [5.74, 6) is -9.84. The Morgan fingerprint density at radius 2 is 0.882 bits per heavy atom. The highest BCUT2D eigenvalue weighted by molar-refractivity contribution is 5.98. The first kappa shape index (κ1) is 71.2. The van der Waals surface area contributed by atoms with Crippen LogP contribution in [0.1, 0.15) is 126 Å². The van der Waals surface area contributed by atoms with Crippen molar-refractivity contribution < 1.29 is 63.3 Å². The number of nitrogens with one attached hydrogen (secondary N) is 10. The van der Waals surface area contributed by atoms with E-state index in [0.717, 1.165) is 0 Å². The largest absolute Gasteiger partial charge is 0.508 e. The van der Waals surface area contributed by atoms with Gasteiger partial charge in [0.05, 0.1) is 18.9 Å². The fraction of sp³-hybridized carbons (Fsp3) is 0.583. The van der Waals surface area contributed by atoms with Crippen LogP contribution in [0, 0.1) is 35.5 Å². The minimum atomic E-state index is -1.38. The Labute approximate surface area is 498 Å². The Morgan fingerprint density at radius 3 is 1.32 bits per heavy atom. The molecule has 25 heteroatoms. The Kier molecular flexibility index (Phi) is 29.0. The van der Waals surface area contributed by atoms with Crippen LogP contribution < -0.4 is 53.6 Å². The van der Waals surface area contributed by atoms with Gasteiger partial charge < -0.3 is 73.9 Å². The van der Waals surface area contributed by atoms with Crippen LogP contribution in [0.5, 0.6) is 11.5 Å². The summed E-state index contributed by atoms with van der Waals surface area (Å²) in [4.78, 5) is 145. The first-order valence-electron chi connectivity index (χ1n) is 29.1. The number of imidazole rings is 1. The number of aliphatic carboxylic acids is 1. The molecule has 0 aliphatic heterocycles. The molecule has 1 aromatic heterocycles. The average Bonchev–Trinajstić information content (AvgIpc) is 4.12. The van der Waals surface area contributed by atoms with Crippen molar-refractivity contribution in [1.82, 2.24) is 57.8 Å². The van der Waals surface area contributed by atoms with Crippen LogP contribution in [0.4, 0.5) is 0 Å². The van der Waals surface area contributed by atoms with E-state index in [4.69, 9.17) is 5.73 Å². The molecule has 0 spiro atoms. The molecule has 3 rings (SSSR count). The maximum atomic E-state index is 14.3. The van der Waals surface area contributed by atoms with E-state index in [0.29, 0.717) is 29.7 Å². The predicted octanol–water partition coefficient (Wildman–Crippen LogP) is 1.75. The number of carboxylic acid groups (broad SMARTS) is 1. The van der Waals surface area contributed by atoms with E-state index in [2.05, 4.69) is 57.8 Å². The van der Waals surface area contributed by atoms with Crippen molar-refractivity contribution in [2.75, 3.05) is 6.54 Å². The summed E-state index contributed by atoms with van der Waals surface area (Å²) in [5, 5.41) is 53.8. The lowest BCUT2D eigenvalue weighted by Gasteiger charge is -2.30. The molecule has 0 fully saturated rings. The van der Waals surface area contributed by atoms with Crippen LogP contribution in [0.2, 0.25) is 0 Å². The number of carbonyl (C=O) groups excluding carboxylic acids is 9. The first-order valence-corrected chi connectivity index (χ1v) is 29.1. The number of aromatic amines is 1. The molecule has 10 atom stereocenters. The number of H-pyrrole nitrogens is 1. The number of nitrogens with zero attached hydrogens (tertiary/aromatic N) is 1. The maximum absolute atomic E-state index is 14.3. The molecule has 2 aromatic carbocycles. The predicted molar refractivity (Wildman–Crippen MR) is 317 cm³/mol. The molecular formula is C60H92N12O13. The number of aromatic hydroxyl groups is 2. The molecule has 0 saturated carbocycles. The third-order valence-electron chi connectivity index (χ3n) is 14.1. The van der Waals surface area contributed by atoms with Gasteiger partial charge in [0.25, 0.3) is 0 Å². The number of phenolic OH excluding ortho intramolecular Hbond substituents is 2. The smallest absolute Gasteiger partial charge is 0.326 e. The molecule has 3 aromatic rings. The van der Waals surface area contributed by atoms with Gasteiger partial charge in [-0.1, -0.05) is 114 Å². The Hall–Kier alpha value is -8.09. The number of benzene rings is 2. The minimum absolute atomic E-state index is 0.0329. The van der Waals surface area contributed by atoms with Gasteiger partial charge in [-0.15, -0.1) is 0 Å². The number of hydrogen-bond donors (Lipinski definition) is 14. The van der Waals surface area contributed by atoms with Gasteiger partial charge in [0, 0.05) is 31.2 Å². The van der Waals surface area contributed by atoms with Crippen LogP contribution in [0.25, 0.3) is 0 Å². The summed E-state index contributed by atoms with van der Waals surface area (Å²) in [5.41, 5.74) is 7.61. The number of amides is 9. The van der Waals surface area contributed by atoms with Crippen molar-refractivity contribution in [3.63, 3.8) is 0 Å². The van der Waals surface area contributed by atoms with Crippen molar-refractivity contribution in [2.24, 2.45) is 41.2 Å². The number of carbonyl (C=O) groups is 10. The number of aromatic nitrogens is 2. The van der Waals surface area contributed by atoms with Gasteiger partial charge in [-0.05, 0) is 90.2 Å². The van der Waals surface area contributed by atoms with Gasteiger partial charge in [0.2, 0.25) is 53.2 Å². The fourth-order valence-corrected chi connectivity index (χ4v) is 9.12. The van der Waals surface area contributed by atoms with Gasteiger partial charge in [-0.3, -0.25) is 43.2 Å². The number of hydrogen-bond acceptors (Lipinski definition) is 14. The van der Waals surface area contributed by atoms with Gasteiger partial charge >= 0.3 is 5.97 Å². The lowest BCUT2D eigenvalue weighted by atomic mass is 9.95. The second kappa shape index (κ2) is 34.6. The van der Waals surface area contributed by atoms with Gasteiger partial charge in [0.15, 0.2) is 0 Å². The zero-order valence-electron chi connectivity index (χ0n) is 51.0. The van der Waals surface area contributed by atoms with Gasteiger partial charge in [-0.25, -0.2) is 9.78 Å². The molecule has 0 aliphatic carbocycles. The molecule has 0 unspecified atom stereocenters. The number of carboxylic acids is 1. The number of phenols is 2. The van der Waals surface area contributed by atoms with Gasteiger partial charge in [-0.2, -0.15) is 0 Å². The normalized spacial score (nSPS) is 15.0. The highest BCUT2D eigenvalue weighted by Crippen LogP contribution is 2.17. The van der Waals surface area contributed by atoms with E-state index in [1.54, 1.807) is 79.7 Å². The van der Waals surface area contributed by atoms with Crippen molar-refractivity contribution in [2.45, 2.75) is 182 Å². The molecule has 0 saturated heterocycles. The Morgan fingerprint density at radius 1 is 0.482 bits per heavy atom. The highest BCUT2D eigenvalue weighted by atomic mass is 16.4. The molecule has 9 amide bonds. The minimum Gasteiger partial charge on any atom is -0.508 e. The summed E-state index contributed by atoms with van der Waals surface area (Å²) in [7, 11) is 0. The summed E-state index contributed by atoms with van der Waals surface area (Å²) in [6.07, 6.45) is 3.36. The van der Waals surface area contributed by atoms with Crippen molar-refractivity contribution in [3.8, 4) is 11.5 Å². The first-order chi connectivity index (χ1) is 39.9. The SMILES string of the molecule is CC[C@H](C)[C@H](NC(=O)[C@@H](NC(=O)[C@H](Cc1cnc[nH]1)NC(=O)CNC(=O)[C@H](CC(C)C)NC(=O)[C@H](Cc1ccc(O)cc1)NC(=O)[C@@H](NC(=O)[C@@H](N)CC(C)C)C(C)C)C(C)C)C(=O)N[C@@H](Cc1ccc(O)cc1)C(=O)N[C@@H](CC(C)C)C(=O)O. The van der Waals surface area contributed by atoms with E-state index in [1.165, 1.54) is 36.8 Å². The van der Waals surface area contributed by atoms with Crippen molar-refractivity contribution in [1.29, 1.82) is 0 Å². The van der Waals surface area contributed by atoms with Crippen LogP contribution in [-0.2, 0) is 67.2 Å². The summed E-state index contributed by atoms with van der Waals surface area (Å²) in [6, 6.07) is 0.764. The van der Waals surface area contributed by atoms with E-state index >= 15 is 0 Å². The lowest BCUT2D eigenvalue weighted by Crippen LogP contribution is -2.61. The topological polar surface area (TPSA) is 394 Å². The number of nitrogens with two attached hydrogens (primary N) is 1. The molecule has 15 N–H and O–H groups in total. The van der Waals surface area contributed by atoms with E-state index in [1.807, 2.05) is 27.7 Å². The highest BCUT2D eigenvalue weighted by Gasteiger charge is 2.37.